The molecule has 4 nitrogen and oxygen atoms in total. The van der Waals surface area contributed by atoms with Gasteiger partial charge in [0, 0.05) is 12.5 Å². The number of benzene rings is 1. The van der Waals surface area contributed by atoms with Crippen molar-refractivity contribution in [3.05, 3.63) is 30.1 Å². The molecular weight excluding hydrogens is 275 g/mol. The maximum Gasteiger partial charge on any atom is 0.243 e. The topological polar surface area (TPSA) is 72.2 Å². The van der Waals surface area contributed by atoms with Gasteiger partial charge < -0.3 is 5.73 Å². The van der Waals surface area contributed by atoms with E-state index in [0.717, 1.165) is 6.07 Å². The molecule has 1 rings (SSSR count). The summed E-state index contributed by atoms with van der Waals surface area (Å²) in [6.45, 7) is 1.80. The van der Waals surface area contributed by atoms with Crippen LogP contribution in [0.25, 0.3) is 0 Å². The van der Waals surface area contributed by atoms with Gasteiger partial charge in [0.05, 0.1) is 4.99 Å². The van der Waals surface area contributed by atoms with Crippen molar-refractivity contribution in [2.45, 2.75) is 30.7 Å². The number of halogens is 1. The van der Waals surface area contributed by atoms with Crippen LogP contribution in [-0.4, -0.2) is 19.4 Å². The Kier molecular flexibility index (Phi) is 5.18. The van der Waals surface area contributed by atoms with Crippen molar-refractivity contribution in [1.29, 1.82) is 0 Å². The lowest BCUT2D eigenvalue weighted by molar-refractivity contribution is 0.532. The monoisotopic (exact) mass is 290 g/mol. The molecule has 0 spiro atoms. The Labute approximate surface area is 111 Å². The van der Waals surface area contributed by atoms with Gasteiger partial charge in [-0.25, -0.2) is 17.5 Å². The summed E-state index contributed by atoms with van der Waals surface area (Å²) in [6, 6.07) is 4.79. The van der Waals surface area contributed by atoms with Gasteiger partial charge >= 0.3 is 0 Å². The summed E-state index contributed by atoms with van der Waals surface area (Å²) in [7, 11) is -3.89. The number of rotatable bonds is 6. The van der Waals surface area contributed by atoms with Gasteiger partial charge in [-0.1, -0.05) is 31.3 Å². The van der Waals surface area contributed by atoms with Crippen LogP contribution < -0.4 is 10.5 Å². The molecular formula is C11H15FN2O2S2. The van der Waals surface area contributed by atoms with E-state index in [0.29, 0.717) is 6.42 Å². The van der Waals surface area contributed by atoms with Crippen LogP contribution in [0.2, 0.25) is 0 Å². The summed E-state index contributed by atoms with van der Waals surface area (Å²) >= 11 is 4.74. The first kappa shape index (κ1) is 15.0. The number of nitrogens with one attached hydrogen (secondary N) is 1. The van der Waals surface area contributed by atoms with Crippen LogP contribution in [0.1, 0.15) is 19.8 Å². The van der Waals surface area contributed by atoms with E-state index in [4.69, 9.17) is 18.0 Å². The molecule has 0 fully saturated rings. The molecule has 1 atom stereocenters. The lowest BCUT2D eigenvalue weighted by Crippen LogP contribution is -2.37. The number of hydrogen-bond acceptors (Lipinski definition) is 3. The van der Waals surface area contributed by atoms with Crippen LogP contribution in [0.5, 0.6) is 0 Å². The van der Waals surface area contributed by atoms with Crippen molar-refractivity contribution < 1.29 is 12.8 Å². The lowest BCUT2D eigenvalue weighted by atomic mass is 10.2. The van der Waals surface area contributed by atoms with E-state index in [1.165, 1.54) is 18.2 Å². The summed E-state index contributed by atoms with van der Waals surface area (Å²) in [4.78, 5) is -0.149. The molecule has 0 aromatic heterocycles. The predicted octanol–water partition coefficient (Wildman–Crippen LogP) is 1.56. The van der Waals surface area contributed by atoms with E-state index in [2.05, 4.69) is 4.72 Å². The molecule has 0 bridgehead atoms. The summed E-state index contributed by atoms with van der Waals surface area (Å²) in [5.41, 5.74) is 5.38. The Balaban J connectivity index is 2.94. The molecule has 0 saturated carbocycles. The molecule has 0 aliphatic heterocycles. The Morgan fingerprint density at radius 3 is 2.61 bits per heavy atom. The zero-order valence-electron chi connectivity index (χ0n) is 9.89. The standard InChI is InChI=1S/C11H15FN2O2S2/c1-2-8(7-11(13)17)14-18(15,16)10-6-4-3-5-9(10)12/h3-6,8,14H,2,7H2,1H3,(H2,13,17). The molecule has 7 heteroatoms. The van der Waals surface area contributed by atoms with Gasteiger partial charge in [-0.05, 0) is 18.6 Å². The molecule has 0 heterocycles. The minimum absolute atomic E-state index is 0.220. The molecule has 100 valence electrons. The number of hydrogen-bond donors (Lipinski definition) is 2. The largest absolute Gasteiger partial charge is 0.393 e. The van der Waals surface area contributed by atoms with Crippen LogP contribution in [-0.2, 0) is 10.0 Å². The first-order valence-corrected chi connectivity index (χ1v) is 7.31. The fourth-order valence-corrected chi connectivity index (χ4v) is 3.06. The van der Waals surface area contributed by atoms with Gasteiger partial charge in [0.1, 0.15) is 10.7 Å². The minimum atomic E-state index is -3.89. The second-order valence-corrected chi connectivity index (χ2v) is 6.03. The van der Waals surface area contributed by atoms with Gasteiger partial charge in [0.2, 0.25) is 10.0 Å². The Morgan fingerprint density at radius 1 is 1.50 bits per heavy atom. The molecule has 3 N–H and O–H groups in total. The minimum Gasteiger partial charge on any atom is -0.393 e. The van der Waals surface area contributed by atoms with Gasteiger partial charge in [0.15, 0.2) is 0 Å². The van der Waals surface area contributed by atoms with E-state index in [-0.39, 0.29) is 16.3 Å². The summed E-state index contributed by atoms with van der Waals surface area (Å²) < 4.78 is 39.8. The molecule has 0 aliphatic carbocycles. The fraction of sp³-hybridized carbons (Fsp3) is 0.364. The quantitative estimate of drug-likeness (QED) is 0.780. The van der Waals surface area contributed by atoms with Crippen LogP contribution in [0.15, 0.2) is 29.2 Å². The van der Waals surface area contributed by atoms with E-state index in [9.17, 15) is 12.8 Å². The number of sulfonamides is 1. The molecule has 0 amide bonds. The second kappa shape index (κ2) is 6.21. The first-order valence-electron chi connectivity index (χ1n) is 5.42. The van der Waals surface area contributed by atoms with Crippen LogP contribution >= 0.6 is 12.2 Å². The van der Waals surface area contributed by atoms with Crippen molar-refractivity contribution in [3.63, 3.8) is 0 Å². The Bertz CT molecular complexity index is 532. The fourth-order valence-electron chi connectivity index (χ4n) is 1.46. The molecule has 0 aliphatic rings. The van der Waals surface area contributed by atoms with Crippen molar-refractivity contribution in [2.75, 3.05) is 0 Å². The van der Waals surface area contributed by atoms with Crippen LogP contribution in [0.3, 0.4) is 0 Å². The van der Waals surface area contributed by atoms with Gasteiger partial charge in [0.25, 0.3) is 0 Å². The van der Waals surface area contributed by atoms with Gasteiger partial charge in [-0.15, -0.1) is 0 Å². The third kappa shape index (κ3) is 4.01. The highest BCUT2D eigenvalue weighted by Crippen LogP contribution is 2.14. The second-order valence-electron chi connectivity index (χ2n) is 3.83. The van der Waals surface area contributed by atoms with Gasteiger partial charge in [-0.2, -0.15) is 0 Å². The molecule has 1 aromatic carbocycles. The average Bonchev–Trinajstić information content (AvgIpc) is 2.27. The van der Waals surface area contributed by atoms with Crippen LogP contribution in [0.4, 0.5) is 4.39 Å². The third-order valence-electron chi connectivity index (χ3n) is 2.39. The molecule has 1 aromatic rings. The number of thiocarbonyl (C=S) groups is 1. The normalized spacial score (nSPS) is 13.2. The maximum atomic E-state index is 13.4. The van der Waals surface area contributed by atoms with Crippen molar-refractivity contribution in [3.8, 4) is 0 Å². The average molecular weight is 290 g/mol. The number of nitrogens with two attached hydrogens (primary N) is 1. The predicted molar refractivity (Wildman–Crippen MR) is 72.2 cm³/mol. The Morgan fingerprint density at radius 2 is 2.11 bits per heavy atom. The Hall–Kier alpha value is -1.05. The lowest BCUT2D eigenvalue weighted by Gasteiger charge is -2.16. The summed E-state index contributed by atoms with van der Waals surface area (Å²) in [6.07, 6.45) is 0.768. The molecule has 18 heavy (non-hydrogen) atoms. The SMILES string of the molecule is CCC(CC(N)=S)NS(=O)(=O)c1ccccc1F. The molecule has 0 radical (unpaired) electrons. The zero-order chi connectivity index (χ0) is 13.8. The third-order valence-corrected chi connectivity index (χ3v) is 4.11. The zero-order valence-corrected chi connectivity index (χ0v) is 11.5. The highest BCUT2D eigenvalue weighted by molar-refractivity contribution is 7.89. The van der Waals surface area contributed by atoms with E-state index in [1.54, 1.807) is 6.92 Å². The summed E-state index contributed by atoms with van der Waals surface area (Å²) in [5, 5.41) is 0. The van der Waals surface area contributed by atoms with E-state index < -0.39 is 21.9 Å². The molecule has 0 saturated heterocycles. The van der Waals surface area contributed by atoms with Crippen molar-refractivity contribution >= 4 is 27.2 Å². The van der Waals surface area contributed by atoms with Crippen molar-refractivity contribution in [2.24, 2.45) is 5.73 Å². The highest BCUT2D eigenvalue weighted by Gasteiger charge is 2.22. The van der Waals surface area contributed by atoms with Crippen LogP contribution in [0, 0.1) is 5.82 Å². The van der Waals surface area contributed by atoms with Gasteiger partial charge in [-0.3, -0.25) is 0 Å². The molecule has 1 unspecified atom stereocenters. The smallest absolute Gasteiger partial charge is 0.243 e. The maximum absolute atomic E-state index is 13.4. The first-order chi connectivity index (χ1) is 8.36. The summed E-state index contributed by atoms with van der Waals surface area (Å²) in [5.74, 6) is -0.782. The van der Waals surface area contributed by atoms with E-state index in [1.807, 2.05) is 0 Å². The van der Waals surface area contributed by atoms with E-state index >= 15 is 0 Å². The highest BCUT2D eigenvalue weighted by atomic mass is 32.2. The van der Waals surface area contributed by atoms with Crippen molar-refractivity contribution in [1.82, 2.24) is 4.72 Å².